The molecular formula is C11H14O7. The summed E-state index contributed by atoms with van der Waals surface area (Å²) in [6.07, 6.45) is -1.14. The Bertz CT molecular complexity index is 336. The summed E-state index contributed by atoms with van der Waals surface area (Å²) in [5.41, 5.74) is 0.338. The Hall–Kier alpha value is -2.31. The second-order valence-electron chi connectivity index (χ2n) is 3.20. The summed E-state index contributed by atoms with van der Waals surface area (Å²) in [7, 11) is 0. The molecule has 0 atom stereocenters. The molecule has 0 aromatic carbocycles. The maximum atomic E-state index is 10.9. The van der Waals surface area contributed by atoms with E-state index in [2.05, 4.69) is 32.1 Å². The van der Waals surface area contributed by atoms with Gasteiger partial charge in [-0.25, -0.2) is 14.4 Å². The topological polar surface area (TPSA) is 88.1 Å². The zero-order chi connectivity index (χ0) is 14.1. The molecular weight excluding hydrogens is 244 g/mol. The summed E-state index contributed by atoms with van der Waals surface area (Å²) in [6.45, 7) is 8.31. The second kappa shape index (κ2) is 7.88. The van der Waals surface area contributed by atoms with E-state index in [0.717, 1.165) is 0 Å². The molecule has 0 radical (unpaired) electrons. The van der Waals surface area contributed by atoms with Crippen LogP contribution in [0.15, 0.2) is 24.3 Å². The van der Waals surface area contributed by atoms with Gasteiger partial charge in [0.2, 0.25) is 13.6 Å². The van der Waals surface area contributed by atoms with Gasteiger partial charge >= 0.3 is 18.1 Å². The Morgan fingerprint density at radius 1 is 0.778 bits per heavy atom. The molecule has 0 amide bonds. The van der Waals surface area contributed by atoms with Crippen molar-refractivity contribution in [1.82, 2.24) is 0 Å². The Balaban J connectivity index is 3.67. The standard InChI is InChI=1S/C11H14O7/c1-7(2)9(12)15-5-17-11(14)18-6-16-10(13)8(3)4/h1,3,5-6H2,2,4H3. The fourth-order valence-electron chi connectivity index (χ4n) is 0.550. The van der Waals surface area contributed by atoms with Crippen LogP contribution >= 0.6 is 0 Å². The highest BCUT2D eigenvalue weighted by Gasteiger charge is 2.09. The van der Waals surface area contributed by atoms with Crippen molar-refractivity contribution in [2.24, 2.45) is 0 Å². The molecule has 100 valence electrons. The highest BCUT2D eigenvalue weighted by molar-refractivity contribution is 5.87. The molecule has 7 nitrogen and oxygen atoms in total. The van der Waals surface area contributed by atoms with Gasteiger partial charge in [0, 0.05) is 11.1 Å². The average Bonchev–Trinajstić information content (AvgIpc) is 2.28. The van der Waals surface area contributed by atoms with E-state index in [9.17, 15) is 14.4 Å². The summed E-state index contributed by atoms with van der Waals surface area (Å²) in [5, 5.41) is 0. The highest BCUT2D eigenvalue weighted by Crippen LogP contribution is 1.95. The predicted octanol–water partition coefficient (Wildman–Crippen LogP) is 1.29. The second-order valence-corrected chi connectivity index (χ2v) is 3.20. The van der Waals surface area contributed by atoms with Gasteiger partial charge in [0.1, 0.15) is 0 Å². The molecule has 0 aromatic heterocycles. The van der Waals surface area contributed by atoms with Gasteiger partial charge in [-0.2, -0.15) is 0 Å². The van der Waals surface area contributed by atoms with E-state index in [4.69, 9.17) is 0 Å². The van der Waals surface area contributed by atoms with Crippen molar-refractivity contribution >= 4 is 18.1 Å². The van der Waals surface area contributed by atoms with Crippen LogP contribution in [0.5, 0.6) is 0 Å². The SMILES string of the molecule is C=C(C)C(=O)OCOC(=O)OCOC(=O)C(=C)C. The van der Waals surface area contributed by atoms with Crippen LogP contribution in [0, 0.1) is 0 Å². The van der Waals surface area contributed by atoms with Crippen LogP contribution in [-0.2, 0) is 28.5 Å². The summed E-state index contributed by atoms with van der Waals surface area (Å²) < 4.78 is 17.6. The van der Waals surface area contributed by atoms with Gasteiger partial charge in [-0.3, -0.25) is 0 Å². The lowest BCUT2D eigenvalue weighted by Crippen LogP contribution is -2.17. The van der Waals surface area contributed by atoms with Crippen LogP contribution in [-0.4, -0.2) is 31.7 Å². The fourth-order valence-corrected chi connectivity index (χ4v) is 0.550. The summed E-state index contributed by atoms with van der Waals surface area (Å²) >= 11 is 0. The average molecular weight is 258 g/mol. The van der Waals surface area contributed by atoms with E-state index in [1.54, 1.807) is 0 Å². The number of carbonyl (C=O) groups is 3. The van der Waals surface area contributed by atoms with Crippen molar-refractivity contribution in [2.75, 3.05) is 13.6 Å². The van der Waals surface area contributed by atoms with Gasteiger partial charge in [-0.05, 0) is 13.8 Å². The van der Waals surface area contributed by atoms with Crippen LogP contribution < -0.4 is 0 Å². The van der Waals surface area contributed by atoms with E-state index >= 15 is 0 Å². The monoisotopic (exact) mass is 258 g/mol. The van der Waals surface area contributed by atoms with Gasteiger partial charge in [-0.1, -0.05) is 13.2 Å². The first kappa shape index (κ1) is 15.7. The van der Waals surface area contributed by atoms with Crippen molar-refractivity contribution in [2.45, 2.75) is 13.8 Å². The van der Waals surface area contributed by atoms with E-state index in [0.29, 0.717) is 0 Å². The first-order valence-electron chi connectivity index (χ1n) is 4.79. The van der Waals surface area contributed by atoms with Crippen LogP contribution in [0.2, 0.25) is 0 Å². The molecule has 0 saturated carbocycles. The van der Waals surface area contributed by atoms with Crippen molar-refractivity contribution in [1.29, 1.82) is 0 Å². The summed E-state index contributed by atoms with van der Waals surface area (Å²) in [5.74, 6) is -1.40. The van der Waals surface area contributed by atoms with Crippen molar-refractivity contribution in [3.63, 3.8) is 0 Å². The number of ether oxygens (including phenoxy) is 4. The third-order valence-corrected chi connectivity index (χ3v) is 1.43. The lowest BCUT2D eigenvalue weighted by molar-refractivity contribution is -0.153. The maximum Gasteiger partial charge on any atom is 0.514 e. The van der Waals surface area contributed by atoms with Crippen molar-refractivity contribution in [3.8, 4) is 0 Å². The van der Waals surface area contributed by atoms with Crippen molar-refractivity contribution in [3.05, 3.63) is 24.3 Å². The summed E-state index contributed by atoms with van der Waals surface area (Å²) in [4.78, 5) is 32.6. The van der Waals surface area contributed by atoms with Gasteiger partial charge in [0.25, 0.3) is 0 Å². The van der Waals surface area contributed by atoms with Crippen LogP contribution in [0.1, 0.15) is 13.8 Å². The molecule has 0 heterocycles. The lowest BCUT2D eigenvalue weighted by Gasteiger charge is -2.07. The Morgan fingerprint density at radius 3 is 1.39 bits per heavy atom. The van der Waals surface area contributed by atoms with Gasteiger partial charge in [-0.15, -0.1) is 0 Å². The third-order valence-electron chi connectivity index (χ3n) is 1.43. The van der Waals surface area contributed by atoms with Crippen LogP contribution in [0.3, 0.4) is 0 Å². The minimum Gasteiger partial charge on any atom is -0.424 e. The lowest BCUT2D eigenvalue weighted by atomic mass is 10.4. The molecule has 0 aliphatic rings. The van der Waals surface area contributed by atoms with E-state index in [1.165, 1.54) is 13.8 Å². The third kappa shape index (κ3) is 7.04. The first-order chi connectivity index (χ1) is 8.34. The molecule has 18 heavy (non-hydrogen) atoms. The van der Waals surface area contributed by atoms with Crippen LogP contribution in [0.4, 0.5) is 4.79 Å². The molecule has 0 N–H and O–H groups in total. The largest absolute Gasteiger partial charge is 0.514 e. The van der Waals surface area contributed by atoms with Gasteiger partial charge in [0.15, 0.2) is 0 Å². The van der Waals surface area contributed by atoms with E-state index in [1.807, 2.05) is 0 Å². The van der Waals surface area contributed by atoms with E-state index < -0.39 is 31.7 Å². The zero-order valence-corrected chi connectivity index (χ0v) is 10.2. The minimum absolute atomic E-state index is 0.169. The number of esters is 2. The molecule has 7 heteroatoms. The molecule has 0 bridgehead atoms. The molecule has 0 spiro atoms. The van der Waals surface area contributed by atoms with Gasteiger partial charge in [0.05, 0.1) is 0 Å². The Kier molecular flexibility index (Phi) is 6.87. The predicted molar refractivity (Wildman–Crippen MR) is 59.1 cm³/mol. The zero-order valence-electron chi connectivity index (χ0n) is 10.2. The normalized spacial score (nSPS) is 9.00. The molecule has 0 saturated heterocycles. The smallest absolute Gasteiger partial charge is 0.424 e. The number of hydrogen-bond acceptors (Lipinski definition) is 7. The van der Waals surface area contributed by atoms with Crippen LogP contribution in [0.25, 0.3) is 0 Å². The first-order valence-corrected chi connectivity index (χ1v) is 4.79. The summed E-state index contributed by atoms with van der Waals surface area (Å²) in [6, 6.07) is 0. The number of rotatable bonds is 6. The molecule has 0 aromatic rings. The highest BCUT2D eigenvalue weighted by atomic mass is 16.8. The van der Waals surface area contributed by atoms with E-state index in [-0.39, 0.29) is 11.1 Å². The maximum absolute atomic E-state index is 10.9. The minimum atomic E-state index is -1.14. The molecule has 0 aliphatic heterocycles. The quantitative estimate of drug-likeness (QED) is 0.403. The molecule has 0 aliphatic carbocycles. The number of hydrogen-bond donors (Lipinski definition) is 0. The fraction of sp³-hybridized carbons (Fsp3) is 0.364. The molecule has 0 fully saturated rings. The molecule has 0 unspecified atom stereocenters. The Morgan fingerprint density at radius 2 is 1.11 bits per heavy atom. The number of carbonyl (C=O) groups excluding carboxylic acids is 3. The molecule has 0 rings (SSSR count). The van der Waals surface area contributed by atoms with Gasteiger partial charge < -0.3 is 18.9 Å². The Labute approximate surface area is 104 Å². The van der Waals surface area contributed by atoms with Crippen molar-refractivity contribution < 1.29 is 33.3 Å².